The van der Waals surface area contributed by atoms with Crippen LogP contribution < -0.4 is 25.8 Å². The maximum Gasteiger partial charge on any atom is 0.349 e. The lowest BCUT2D eigenvalue weighted by molar-refractivity contribution is -0.138. The normalized spacial score (nSPS) is 13.9. The van der Waals surface area contributed by atoms with Gasteiger partial charge < -0.3 is 39.9 Å². The predicted octanol–water partition coefficient (Wildman–Crippen LogP) is 8.35. The van der Waals surface area contributed by atoms with Crippen LogP contribution >= 0.6 is 54.0 Å². The average Bonchev–Trinajstić information content (AvgIpc) is 3.53. The van der Waals surface area contributed by atoms with E-state index in [0.29, 0.717) is 58.8 Å². The van der Waals surface area contributed by atoms with Crippen molar-refractivity contribution in [2.24, 2.45) is 0 Å². The molecule has 1 unspecified atom stereocenters. The number of alkyl halides is 1. The van der Waals surface area contributed by atoms with Crippen LogP contribution in [0.3, 0.4) is 0 Å². The molecule has 0 bridgehead atoms. The van der Waals surface area contributed by atoms with E-state index in [-0.39, 0.29) is 52.1 Å². The summed E-state index contributed by atoms with van der Waals surface area (Å²) in [4.78, 5) is 90.4. The number of para-hydroxylation sites is 1. The molecule has 2 aromatic carbocycles. The van der Waals surface area contributed by atoms with Crippen molar-refractivity contribution in [2.45, 2.75) is 99.1 Å². The number of imide groups is 1. The molecule has 2 heterocycles. The van der Waals surface area contributed by atoms with Gasteiger partial charge in [-0.1, -0.05) is 48.3 Å². The van der Waals surface area contributed by atoms with Crippen molar-refractivity contribution in [2.75, 3.05) is 66.0 Å². The number of carboxylic acids is 1. The van der Waals surface area contributed by atoms with E-state index in [1.807, 2.05) is 53.7 Å². The van der Waals surface area contributed by atoms with Gasteiger partial charge in [-0.25, -0.2) is 9.69 Å². The smallest absolute Gasteiger partial charge is 0.349 e. The van der Waals surface area contributed by atoms with Crippen molar-refractivity contribution in [3.05, 3.63) is 79.6 Å². The molecular formula is C46H63Cl4N8O11P. The molecule has 0 radical (unpaired) electrons. The molecule has 3 aromatic rings. The highest BCUT2D eigenvalue weighted by atomic mass is 35.5. The molecule has 0 saturated carbocycles. The number of nitrogens with zero attached hydrogens (tertiary/aromatic N) is 5. The third-order valence-corrected chi connectivity index (χ3v) is 11.2. The van der Waals surface area contributed by atoms with Gasteiger partial charge in [0.2, 0.25) is 23.1 Å². The Hall–Kier alpha value is -4.69. The zero-order valence-corrected chi connectivity index (χ0v) is 44.6. The summed E-state index contributed by atoms with van der Waals surface area (Å²) in [6.45, 7) is 16.8. The highest BCUT2D eigenvalue weighted by Gasteiger charge is 2.39. The summed E-state index contributed by atoms with van der Waals surface area (Å²) < 4.78 is 20.1. The molecule has 70 heavy (non-hydrogen) atoms. The zero-order chi connectivity index (χ0) is 52.9. The molecule has 1 aliphatic heterocycles. The predicted molar refractivity (Wildman–Crippen MR) is 275 cm³/mol. The van der Waals surface area contributed by atoms with Gasteiger partial charge in [-0.2, -0.15) is 15.0 Å². The number of carbonyl (C=O) groups excluding carboxylic acids is 4. The molecule has 2 aliphatic rings. The summed E-state index contributed by atoms with van der Waals surface area (Å²) in [6.07, 6.45) is 4.73. The molecular weight excluding hydrogens is 1010 g/mol. The number of amides is 3. The quantitative estimate of drug-likeness (QED) is 0.0244. The first-order valence-electron chi connectivity index (χ1n) is 22.1. The van der Waals surface area contributed by atoms with Crippen LogP contribution in [0.5, 0.6) is 0 Å². The first-order chi connectivity index (χ1) is 32.8. The Morgan fingerprint density at radius 3 is 2.11 bits per heavy atom. The Morgan fingerprint density at radius 1 is 0.986 bits per heavy atom. The van der Waals surface area contributed by atoms with E-state index in [1.54, 1.807) is 37.1 Å². The molecule has 19 nitrogen and oxygen atoms in total. The number of benzene rings is 2. The van der Waals surface area contributed by atoms with Gasteiger partial charge in [-0.05, 0) is 133 Å². The summed E-state index contributed by atoms with van der Waals surface area (Å²) >= 11 is 23.7. The van der Waals surface area contributed by atoms with Crippen molar-refractivity contribution in [1.82, 2.24) is 20.3 Å². The largest absolute Gasteiger partial charge is 0.480 e. The number of ether oxygens (including phenoxy) is 2. The standard InChI is InChI=1S/C19H17Cl2NO4.C15H22ClNO2.C9H16ClN5.C3H8NO5P/c1-2-26-19(25)16(21)10-11-9-12(7-8-15(11)20)22-17(23)13-5-3-4-6-14(13)18(22)24;1-5-13-8-6-7-11(2)15(13)17(14(18)9-16)12(3)10-19-4;1-5-11-7-12-6(10)13-8(14-7)15-9(2,3)4;5-3(6)1-4-2-10(7,8)9/h7-10H,2-6H2,1H3;6-8,12H,5,9-10H2,1-4H3;5H2,1-4H3,(H2,11,12,13,14,15);4H,1-2H2,(H,5,6)(H2,7,8,9)/b16-10-;;;. The van der Waals surface area contributed by atoms with Gasteiger partial charge in [-0.3, -0.25) is 29.1 Å². The van der Waals surface area contributed by atoms with Gasteiger partial charge in [0.05, 0.1) is 43.5 Å². The second-order valence-corrected chi connectivity index (χ2v) is 19.5. The Kier molecular flexibility index (Phi) is 26.0. The van der Waals surface area contributed by atoms with Gasteiger partial charge in [-0.15, -0.1) is 11.6 Å². The molecule has 0 saturated heterocycles. The number of nitrogens with one attached hydrogen (secondary N) is 3. The minimum Gasteiger partial charge on any atom is -0.480 e. The fourth-order valence-electron chi connectivity index (χ4n) is 6.76. The highest BCUT2D eigenvalue weighted by molar-refractivity contribution is 7.51. The summed E-state index contributed by atoms with van der Waals surface area (Å²) in [5.41, 5.74) is 5.15. The number of halogens is 4. The third kappa shape index (κ3) is 20.2. The number of esters is 1. The number of methoxy groups -OCH3 is 1. The Balaban J connectivity index is 0.000000339. The van der Waals surface area contributed by atoms with Crippen LogP contribution in [0.25, 0.3) is 6.08 Å². The van der Waals surface area contributed by atoms with Gasteiger partial charge in [0.1, 0.15) is 10.9 Å². The molecule has 0 spiro atoms. The highest BCUT2D eigenvalue weighted by Crippen LogP contribution is 2.37. The van der Waals surface area contributed by atoms with Gasteiger partial charge >= 0.3 is 19.5 Å². The maximum atomic E-state index is 12.7. The van der Waals surface area contributed by atoms with E-state index < -0.39 is 32.4 Å². The molecule has 3 amide bonds. The van der Waals surface area contributed by atoms with Crippen molar-refractivity contribution in [3.8, 4) is 0 Å². The summed E-state index contributed by atoms with van der Waals surface area (Å²) in [7, 11) is -2.46. The summed E-state index contributed by atoms with van der Waals surface area (Å²) in [5, 5.41) is 16.6. The topological polar surface area (TPSA) is 263 Å². The molecule has 1 aromatic heterocycles. The van der Waals surface area contributed by atoms with E-state index in [4.69, 9.17) is 70.8 Å². The van der Waals surface area contributed by atoms with Crippen molar-refractivity contribution in [1.29, 1.82) is 0 Å². The lowest BCUT2D eigenvalue weighted by Gasteiger charge is -2.31. The average molecular weight is 1080 g/mol. The van der Waals surface area contributed by atoms with Gasteiger partial charge in [0.15, 0.2) is 0 Å². The Bertz CT molecular complexity index is 2390. The number of carbonyl (C=O) groups is 5. The van der Waals surface area contributed by atoms with Gasteiger partial charge in [0.25, 0.3) is 11.8 Å². The van der Waals surface area contributed by atoms with Crippen LogP contribution in [-0.2, 0) is 44.4 Å². The van der Waals surface area contributed by atoms with Crippen molar-refractivity contribution in [3.63, 3.8) is 0 Å². The number of carboxylic acid groups (broad SMARTS) is 1. The lowest BCUT2D eigenvalue weighted by atomic mass is 9.93. The first kappa shape index (κ1) is 61.4. The number of anilines is 4. The van der Waals surface area contributed by atoms with Crippen LogP contribution in [0, 0.1) is 6.92 Å². The monoisotopic (exact) mass is 1070 g/mol. The van der Waals surface area contributed by atoms with Crippen LogP contribution in [0.15, 0.2) is 52.6 Å². The number of aromatic nitrogens is 3. The fourth-order valence-corrected chi connectivity index (χ4v) is 7.79. The van der Waals surface area contributed by atoms with Gasteiger partial charge in [0, 0.05) is 35.4 Å². The van der Waals surface area contributed by atoms with E-state index >= 15 is 0 Å². The number of aryl methyl sites for hydroxylation is 2. The summed E-state index contributed by atoms with van der Waals surface area (Å²) in [6, 6.07) is 10.8. The van der Waals surface area contributed by atoms with Crippen LogP contribution in [-0.4, -0.2) is 117 Å². The number of hydrogen-bond acceptors (Lipinski definition) is 14. The molecule has 386 valence electrons. The van der Waals surface area contributed by atoms with E-state index in [9.17, 15) is 28.5 Å². The minimum atomic E-state index is -4.10. The number of hydrogen-bond donors (Lipinski definition) is 6. The fraction of sp³-hybridized carbons (Fsp3) is 0.478. The SMILES string of the molecule is CCNc1nc(Cl)nc(NC(C)(C)C)n1.CCOC(=O)/C(Cl)=C/c1cc(N2C(=O)C3=C(CCCC3)C2=O)ccc1Cl.CCc1cccc(C)c1N(C(=O)CCl)C(C)COC.O=C(O)CNCP(=O)(O)O. The molecule has 24 heteroatoms. The Morgan fingerprint density at radius 2 is 1.60 bits per heavy atom. The molecule has 0 fully saturated rings. The van der Waals surface area contributed by atoms with Crippen LogP contribution in [0.2, 0.25) is 10.3 Å². The van der Waals surface area contributed by atoms with Crippen LogP contribution in [0.4, 0.5) is 23.3 Å². The van der Waals surface area contributed by atoms with Crippen molar-refractivity contribution >= 4 is 113 Å². The Labute approximate surface area is 428 Å². The van der Waals surface area contributed by atoms with E-state index in [2.05, 4.69) is 43.9 Å². The number of rotatable bonds is 17. The molecule has 5 rings (SSSR count). The molecule has 1 atom stereocenters. The second kappa shape index (κ2) is 29.6. The third-order valence-electron chi connectivity index (χ3n) is 9.58. The van der Waals surface area contributed by atoms with Crippen LogP contribution in [0.1, 0.15) is 90.8 Å². The molecule has 1 aliphatic carbocycles. The van der Waals surface area contributed by atoms with E-state index in [0.717, 1.165) is 42.6 Å². The summed E-state index contributed by atoms with van der Waals surface area (Å²) in [5.74, 6) is -1.50. The minimum absolute atomic E-state index is 0.0223. The maximum absolute atomic E-state index is 12.7. The first-order valence-corrected chi connectivity index (χ1v) is 25.6. The lowest BCUT2D eigenvalue weighted by Crippen LogP contribution is -2.43. The zero-order valence-electron chi connectivity index (χ0n) is 40.7. The second-order valence-electron chi connectivity index (χ2n) is 16.5. The molecule has 6 N–H and O–H groups in total. The number of aliphatic carboxylic acids is 1. The van der Waals surface area contributed by atoms with Crippen molar-refractivity contribution < 1.29 is 52.9 Å². The van der Waals surface area contributed by atoms with E-state index in [1.165, 1.54) is 11.0 Å².